The van der Waals surface area contributed by atoms with Crippen molar-refractivity contribution >= 4 is 6.03 Å². The molecule has 1 N–H and O–H groups in total. The Labute approximate surface area is 149 Å². The smallest absolute Gasteiger partial charge is 0.318 e. The van der Waals surface area contributed by atoms with E-state index >= 15 is 0 Å². The summed E-state index contributed by atoms with van der Waals surface area (Å²) in [6.07, 6.45) is 10.8. The summed E-state index contributed by atoms with van der Waals surface area (Å²) >= 11 is 0. The van der Waals surface area contributed by atoms with Crippen LogP contribution in [0.15, 0.2) is 12.3 Å². The molecule has 138 valence electrons. The van der Waals surface area contributed by atoms with Gasteiger partial charge in [0.15, 0.2) is 0 Å². The molecule has 2 amide bonds. The van der Waals surface area contributed by atoms with Crippen LogP contribution in [0.1, 0.15) is 63.1 Å². The number of carbonyl (C=O) groups excluding carboxylic acids is 1. The maximum Gasteiger partial charge on any atom is 0.318 e. The Morgan fingerprint density at radius 1 is 1.24 bits per heavy atom. The van der Waals surface area contributed by atoms with Crippen molar-refractivity contribution in [3.63, 3.8) is 0 Å². The van der Waals surface area contributed by atoms with Crippen LogP contribution in [0.2, 0.25) is 0 Å². The highest BCUT2D eigenvalue weighted by molar-refractivity contribution is 5.75. The number of hydrogen-bond acceptors (Lipinski definition) is 3. The van der Waals surface area contributed by atoms with Crippen molar-refractivity contribution in [3.05, 3.63) is 18.0 Å². The summed E-state index contributed by atoms with van der Waals surface area (Å²) in [5.41, 5.74) is 1.41. The van der Waals surface area contributed by atoms with Gasteiger partial charge in [0.25, 0.3) is 0 Å². The Kier molecular flexibility index (Phi) is 4.71. The number of amides is 2. The van der Waals surface area contributed by atoms with Gasteiger partial charge in [0, 0.05) is 39.0 Å². The zero-order valence-electron chi connectivity index (χ0n) is 15.2. The lowest BCUT2D eigenvalue weighted by molar-refractivity contribution is 0.00482. The first-order valence-electron chi connectivity index (χ1n) is 9.82. The summed E-state index contributed by atoms with van der Waals surface area (Å²) < 4.78 is 7.48. The van der Waals surface area contributed by atoms with Gasteiger partial charge in [-0.25, -0.2) is 4.79 Å². The van der Waals surface area contributed by atoms with Gasteiger partial charge in [-0.05, 0) is 56.4 Å². The second-order valence-corrected chi connectivity index (χ2v) is 7.95. The summed E-state index contributed by atoms with van der Waals surface area (Å²) in [4.78, 5) is 15.2. The molecule has 0 aromatic carbocycles. The number of nitrogens with zero attached hydrogens (tertiary/aromatic N) is 3. The topological polar surface area (TPSA) is 59.4 Å². The van der Waals surface area contributed by atoms with Gasteiger partial charge in [0.1, 0.15) is 0 Å². The number of nitrogens with one attached hydrogen (secondary N) is 1. The average molecular weight is 346 g/mol. The van der Waals surface area contributed by atoms with E-state index in [1.165, 1.54) is 19.3 Å². The minimum Gasteiger partial charge on any atom is -0.381 e. The first-order chi connectivity index (χ1) is 12.2. The molecule has 1 aromatic heterocycles. The number of rotatable bonds is 2. The van der Waals surface area contributed by atoms with Crippen molar-refractivity contribution in [1.29, 1.82) is 0 Å². The highest BCUT2D eigenvalue weighted by Gasteiger charge is 2.45. The van der Waals surface area contributed by atoms with E-state index in [9.17, 15) is 4.79 Å². The van der Waals surface area contributed by atoms with E-state index in [1.54, 1.807) is 0 Å². The third kappa shape index (κ3) is 3.16. The lowest BCUT2D eigenvalue weighted by atomic mass is 9.75. The molecule has 25 heavy (non-hydrogen) atoms. The van der Waals surface area contributed by atoms with Crippen molar-refractivity contribution in [2.75, 3.05) is 19.8 Å². The van der Waals surface area contributed by atoms with Crippen molar-refractivity contribution < 1.29 is 9.53 Å². The van der Waals surface area contributed by atoms with Crippen LogP contribution in [0.25, 0.3) is 0 Å². The van der Waals surface area contributed by atoms with E-state index in [0.29, 0.717) is 6.04 Å². The molecule has 1 spiro atoms. The standard InChI is InChI=1S/C19H30N4O2/c1-22-15(7-11-20-22)16-5-2-3-12-23(16)18(24)21-17-6-4-8-19(17)9-13-25-14-10-19/h7,11,16-17H,2-6,8-10,12-14H2,1H3,(H,21,24)/t16-,17+/m1/s1. The summed E-state index contributed by atoms with van der Waals surface area (Å²) in [5, 5.41) is 7.72. The molecular formula is C19H30N4O2. The summed E-state index contributed by atoms with van der Waals surface area (Å²) in [5.74, 6) is 0. The van der Waals surface area contributed by atoms with E-state index in [2.05, 4.69) is 10.4 Å². The fraction of sp³-hybridized carbons (Fsp3) is 0.789. The van der Waals surface area contributed by atoms with E-state index in [4.69, 9.17) is 4.74 Å². The molecule has 1 aromatic rings. The maximum absolute atomic E-state index is 13.2. The van der Waals surface area contributed by atoms with E-state index < -0.39 is 0 Å². The monoisotopic (exact) mass is 346 g/mol. The number of urea groups is 1. The molecule has 1 aliphatic carbocycles. The van der Waals surface area contributed by atoms with Crippen LogP contribution >= 0.6 is 0 Å². The number of ether oxygens (including phenoxy) is 1. The van der Waals surface area contributed by atoms with Gasteiger partial charge in [-0.1, -0.05) is 6.42 Å². The first kappa shape index (κ1) is 16.9. The minimum atomic E-state index is 0.115. The summed E-state index contributed by atoms with van der Waals surface area (Å²) in [7, 11) is 1.97. The largest absolute Gasteiger partial charge is 0.381 e. The molecule has 0 radical (unpaired) electrons. The van der Waals surface area contributed by atoms with Gasteiger partial charge >= 0.3 is 6.03 Å². The number of hydrogen-bond donors (Lipinski definition) is 1. The summed E-state index contributed by atoms with van der Waals surface area (Å²) in [6, 6.07) is 2.61. The Hall–Kier alpha value is -1.56. The molecule has 6 nitrogen and oxygen atoms in total. The van der Waals surface area contributed by atoms with Crippen molar-refractivity contribution in [2.24, 2.45) is 12.5 Å². The third-order valence-corrected chi connectivity index (χ3v) is 6.66. The fourth-order valence-corrected chi connectivity index (χ4v) is 5.17. The summed E-state index contributed by atoms with van der Waals surface area (Å²) in [6.45, 7) is 2.52. The second-order valence-electron chi connectivity index (χ2n) is 7.95. The zero-order chi connectivity index (χ0) is 17.3. The lowest BCUT2D eigenvalue weighted by Gasteiger charge is -2.41. The quantitative estimate of drug-likeness (QED) is 0.895. The predicted molar refractivity (Wildman–Crippen MR) is 95.2 cm³/mol. The van der Waals surface area contributed by atoms with Gasteiger partial charge in [0.2, 0.25) is 0 Å². The van der Waals surface area contributed by atoms with Gasteiger partial charge in [-0.2, -0.15) is 5.10 Å². The molecular weight excluding hydrogens is 316 g/mol. The van der Waals surface area contributed by atoms with Crippen molar-refractivity contribution in [2.45, 2.75) is 63.5 Å². The highest BCUT2D eigenvalue weighted by atomic mass is 16.5. The second kappa shape index (κ2) is 6.98. The predicted octanol–water partition coefficient (Wildman–Crippen LogP) is 3.01. The number of likely N-dealkylation sites (tertiary alicyclic amines) is 1. The average Bonchev–Trinajstić information content (AvgIpc) is 3.22. The number of piperidine rings is 1. The molecule has 3 fully saturated rings. The van der Waals surface area contributed by atoms with Gasteiger partial charge in [0.05, 0.1) is 11.7 Å². The molecule has 0 unspecified atom stereocenters. The Balaban J connectivity index is 1.48. The van der Waals surface area contributed by atoms with Crippen LogP contribution < -0.4 is 5.32 Å². The van der Waals surface area contributed by atoms with Crippen LogP contribution in [0.3, 0.4) is 0 Å². The van der Waals surface area contributed by atoms with Crippen molar-refractivity contribution in [1.82, 2.24) is 20.0 Å². The molecule has 3 aliphatic rings. The molecule has 0 bridgehead atoms. The maximum atomic E-state index is 13.2. The molecule has 1 saturated carbocycles. The zero-order valence-corrected chi connectivity index (χ0v) is 15.2. The minimum absolute atomic E-state index is 0.115. The molecule has 2 saturated heterocycles. The SMILES string of the molecule is Cn1nccc1[C@H]1CCCCN1C(=O)N[C@H]1CCCC12CCOCC2. The van der Waals surface area contributed by atoms with E-state index in [-0.39, 0.29) is 17.5 Å². The molecule has 3 heterocycles. The van der Waals surface area contributed by atoms with Crippen LogP contribution in [0.5, 0.6) is 0 Å². The van der Waals surface area contributed by atoms with Crippen molar-refractivity contribution in [3.8, 4) is 0 Å². The number of aryl methyl sites for hydroxylation is 1. The highest BCUT2D eigenvalue weighted by Crippen LogP contribution is 2.46. The lowest BCUT2D eigenvalue weighted by Crippen LogP contribution is -2.53. The number of aromatic nitrogens is 2. The normalized spacial score (nSPS) is 29.1. The Morgan fingerprint density at radius 3 is 2.84 bits per heavy atom. The van der Waals surface area contributed by atoms with E-state index in [1.807, 2.05) is 28.9 Å². The van der Waals surface area contributed by atoms with Gasteiger partial charge in [-0.15, -0.1) is 0 Å². The Morgan fingerprint density at radius 2 is 2.08 bits per heavy atom. The van der Waals surface area contributed by atoms with Crippen LogP contribution in [0, 0.1) is 5.41 Å². The molecule has 2 aliphatic heterocycles. The van der Waals surface area contributed by atoms with Gasteiger partial charge in [-0.3, -0.25) is 4.68 Å². The molecule has 4 rings (SSSR count). The van der Waals surface area contributed by atoms with Crippen LogP contribution in [0.4, 0.5) is 4.79 Å². The van der Waals surface area contributed by atoms with E-state index in [0.717, 1.165) is 57.6 Å². The molecule has 6 heteroatoms. The van der Waals surface area contributed by atoms with Crippen LogP contribution in [-0.4, -0.2) is 46.5 Å². The Bertz CT molecular complexity index is 608. The third-order valence-electron chi connectivity index (χ3n) is 6.66. The fourth-order valence-electron chi connectivity index (χ4n) is 5.17. The number of carbonyl (C=O) groups is 1. The first-order valence-corrected chi connectivity index (χ1v) is 9.82. The van der Waals surface area contributed by atoms with Gasteiger partial charge < -0.3 is 15.0 Å². The molecule has 2 atom stereocenters. The van der Waals surface area contributed by atoms with Crippen LogP contribution in [-0.2, 0) is 11.8 Å².